The third-order valence-corrected chi connectivity index (χ3v) is 2.77. The fraction of sp³-hybridized carbons (Fsp3) is 0.500. The van der Waals surface area contributed by atoms with Crippen LogP contribution in [0.25, 0.3) is 0 Å². The fourth-order valence-electron chi connectivity index (χ4n) is 1.89. The van der Waals surface area contributed by atoms with Crippen molar-refractivity contribution in [1.29, 1.82) is 0 Å². The number of aliphatic hydroxyl groups is 2. The third kappa shape index (κ3) is 1.74. The maximum absolute atomic E-state index is 10.1. The molecule has 4 heteroatoms. The molecule has 1 aliphatic heterocycles. The van der Waals surface area contributed by atoms with Gasteiger partial charge in [-0.05, 0) is 32.0 Å². The summed E-state index contributed by atoms with van der Waals surface area (Å²) in [4.78, 5) is 0. The molecule has 0 bridgehead atoms. The van der Waals surface area contributed by atoms with E-state index in [9.17, 15) is 10.2 Å². The Morgan fingerprint density at radius 2 is 2.06 bits per heavy atom. The number of rotatable bonds is 2. The summed E-state index contributed by atoms with van der Waals surface area (Å²) >= 11 is 0. The Morgan fingerprint density at radius 1 is 1.38 bits per heavy atom. The first-order valence-electron chi connectivity index (χ1n) is 5.18. The van der Waals surface area contributed by atoms with E-state index in [0.717, 1.165) is 0 Å². The van der Waals surface area contributed by atoms with Gasteiger partial charge in [-0.2, -0.15) is 0 Å². The quantitative estimate of drug-likeness (QED) is 0.794. The molecule has 2 rings (SSSR count). The van der Waals surface area contributed by atoms with Gasteiger partial charge in [-0.25, -0.2) is 0 Å². The van der Waals surface area contributed by atoms with Gasteiger partial charge in [0.1, 0.15) is 17.6 Å². The largest absolute Gasteiger partial charge is 0.497 e. The molecular weight excluding hydrogens is 208 g/mol. The monoisotopic (exact) mass is 224 g/mol. The number of aliphatic hydroxyl groups excluding tert-OH is 1. The number of fused-ring (bicyclic) bond motifs is 1. The minimum Gasteiger partial charge on any atom is -0.497 e. The van der Waals surface area contributed by atoms with E-state index in [1.165, 1.54) is 0 Å². The molecule has 0 unspecified atom stereocenters. The van der Waals surface area contributed by atoms with Gasteiger partial charge in [0.15, 0.2) is 6.10 Å². The van der Waals surface area contributed by atoms with E-state index in [0.29, 0.717) is 17.1 Å². The van der Waals surface area contributed by atoms with Crippen molar-refractivity contribution in [2.75, 3.05) is 7.11 Å². The smallest absolute Gasteiger partial charge is 0.157 e. The zero-order valence-corrected chi connectivity index (χ0v) is 9.60. The molecule has 0 saturated heterocycles. The van der Waals surface area contributed by atoms with Crippen molar-refractivity contribution >= 4 is 0 Å². The highest BCUT2D eigenvalue weighted by Crippen LogP contribution is 2.42. The summed E-state index contributed by atoms with van der Waals surface area (Å²) < 4.78 is 10.6. The number of ether oxygens (including phenoxy) is 2. The maximum Gasteiger partial charge on any atom is 0.157 e. The highest BCUT2D eigenvalue weighted by Gasteiger charge is 2.42. The van der Waals surface area contributed by atoms with Crippen LogP contribution >= 0.6 is 0 Å². The van der Waals surface area contributed by atoms with Crippen LogP contribution in [0, 0.1) is 0 Å². The molecular formula is C12H16O4. The normalized spacial score (nSPS) is 23.8. The van der Waals surface area contributed by atoms with E-state index in [2.05, 4.69) is 0 Å². The van der Waals surface area contributed by atoms with Crippen LogP contribution in [0.4, 0.5) is 0 Å². The van der Waals surface area contributed by atoms with Gasteiger partial charge in [0, 0.05) is 5.56 Å². The van der Waals surface area contributed by atoms with E-state index in [1.807, 2.05) is 0 Å². The zero-order chi connectivity index (χ0) is 11.9. The Kier molecular flexibility index (Phi) is 2.56. The maximum atomic E-state index is 10.1. The Hall–Kier alpha value is -1.26. The summed E-state index contributed by atoms with van der Waals surface area (Å²) in [5, 5.41) is 19.9. The van der Waals surface area contributed by atoms with E-state index < -0.39 is 17.8 Å². The topological polar surface area (TPSA) is 58.9 Å². The lowest BCUT2D eigenvalue weighted by Gasteiger charge is -2.27. The minimum absolute atomic E-state index is 0.598. The third-order valence-electron chi connectivity index (χ3n) is 2.77. The molecule has 0 aliphatic carbocycles. The molecule has 1 aromatic carbocycles. The van der Waals surface area contributed by atoms with Gasteiger partial charge < -0.3 is 19.7 Å². The van der Waals surface area contributed by atoms with Crippen molar-refractivity contribution in [2.24, 2.45) is 0 Å². The van der Waals surface area contributed by atoms with Gasteiger partial charge in [-0.3, -0.25) is 0 Å². The lowest BCUT2D eigenvalue weighted by atomic mass is 9.94. The molecule has 0 saturated carbocycles. The summed E-state index contributed by atoms with van der Waals surface area (Å²) in [6.07, 6.45) is -1.47. The minimum atomic E-state index is -1.09. The molecule has 2 N–H and O–H groups in total. The second-order valence-electron chi connectivity index (χ2n) is 4.54. The van der Waals surface area contributed by atoms with Crippen LogP contribution < -0.4 is 9.47 Å². The zero-order valence-electron chi connectivity index (χ0n) is 9.60. The predicted molar refractivity (Wildman–Crippen MR) is 58.7 cm³/mol. The Labute approximate surface area is 94.4 Å². The lowest BCUT2D eigenvalue weighted by Crippen LogP contribution is -2.41. The van der Waals surface area contributed by atoms with Gasteiger partial charge in [0.25, 0.3) is 0 Å². The summed E-state index contributed by atoms with van der Waals surface area (Å²) in [6.45, 7) is 3.23. The summed E-state index contributed by atoms with van der Waals surface area (Å²) in [5.41, 5.74) is -0.433. The van der Waals surface area contributed by atoms with Crippen LogP contribution in [0.3, 0.4) is 0 Å². The second-order valence-corrected chi connectivity index (χ2v) is 4.54. The van der Waals surface area contributed by atoms with E-state index in [-0.39, 0.29) is 0 Å². The molecule has 4 nitrogen and oxygen atoms in total. The second kappa shape index (κ2) is 3.64. The summed E-state index contributed by atoms with van der Waals surface area (Å²) in [5.74, 6) is 1.26. The van der Waals surface area contributed by atoms with Crippen LogP contribution in [-0.2, 0) is 0 Å². The molecule has 0 radical (unpaired) electrons. The molecule has 88 valence electrons. The molecule has 1 aliphatic rings. The van der Waals surface area contributed by atoms with Gasteiger partial charge in [0.05, 0.1) is 12.7 Å². The molecule has 1 heterocycles. The molecule has 16 heavy (non-hydrogen) atoms. The van der Waals surface area contributed by atoms with Crippen molar-refractivity contribution in [3.05, 3.63) is 23.8 Å². The highest BCUT2D eigenvalue weighted by atomic mass is 16.5. The standard InChI is InChI=1S/C12H16O4/c1-12(2,14)11-10(13)8-6-7(15-3)4-5-9(8)16-11/h4-6,10-11,13-14H,1-3H3/t10-,11+/m0/s1. The average Bonchev–Trinajstić information content (AvgIpc) is 2.55. The van der Waals surface area contributed by atoms with Gasteiger partial charge in [-0.1, -0.05) is 0 Å². The molecule has 0 spiro atoms. The Balaban J connectivity index is 2.35. The Bertz CT molecular complexity index is 394. The van der Waals surface area contributed by atoms with E-state index >= 15 is 0 Å². The molecule has 0 amide bonds. The summed E-state index contributed by atoms with van der Waals surface area (Å²) in [7, 11) is 1.57. The van der Waals surface area contributed by atoms with Gasteiger partial charge in [-0.15, -0.1) is 0 Å². The summed E-state index contributed by atoms with van der Waals surface area (Å²) in [6, 6.07) is 5.23. The van der Waals surface area contributed by atoms with Crippen LogP contribution in [-0.4, -0.2) is 29.0 Å². The van der Waals surface area contributed by atoms with Crippen molar-refractivity contribution in [2.45, 2.75) is 31.7 Å². The fourth-order valence-corrected chi connectivity index (χ4v) is 1.89. The SMILES string of the molecule is COc1ccc2c(c1)[C@H](O)[C@H](C(C)(C)O)O2. The number of methoxy groups -OCH3 is 1. The van der Waals surface area contributed by atoms with E-state index in [1.54, 1.807) is 39.2 Å². The predicted octanol–water partition coefficient (Wildman–Crippen LogP) is 1.26. The Morgan fingerprint density at radius 3 is 2.62 bits per heavy atom. The molecule has 1 aromatic rings. The van der Waals surface area contributed by atoms with Crippen molar-refractivity contribution < 1.29 is 19.7 Å². The van der Waals surface area contributed by atoms with Crippen molar-refractivity contribution in [3.8, 4) is 11.5 Å². The lowest BCUT2D eigenvalue weighted by molar-refractivity contribution is -0.0762. The average molecular weight is 224 g/mol. The molecule has 0 fully saturated rings. The van der Waals surface area contributed by atoms with Crippen LogP contribution in [0.1, 0.15) is 25.5 Å². The van der Waals surface area contributed by atoms with Crippen molar-refractivity contribution in [1.82, 2.24) is 0 Å². The number of hydrogen-bond donors (Lipinski definition) is 2. The van der Waals surface area contributed by atoms with Crippen LogP contribution in [0.2, 0.25) is 0 Å². The van der Waals surface area contributed by atoms with E-state index in [4.69, 9.17) is 9.47 Å². The first-order valence-corrected chi connectivity index (χ1v) is 5.18. The van der Waals surface area contributed by atoms with Crippen LogP contribution in [0.5, 0.6) is 11.5 Å². The molecule has 0 aromatic heterocycles. The van der Waals surface area contributed by atoms with Crippen LogP contribution in [0.15, 0.2) is 18.2 Å². The van der Waals surface area contributed by atoms with Crippen molar-refractivity contribution in [3.63, 3.8) is 0 Å². The first-order chi connectivity index (χ1) is 7.43. The van der Waals surface area contributed by atoms with Gasteiger partial charge in [0.2, 0.25) is 0 Å². The number of hydrogen-bond acceptors (Lipinski definition) is 4. The highest BCUT2D eigenvalue weighted by molar-refractivity contribution is 5.45. The number of benzene rings is 1. The first kappa shape index (κ1) is 11.2. The van der Waals surface area contributed by atoms with Gasteiger partial charge >= 0.3 is 0 Å². The molecule has 2 atom stereocenters.